The smallest absolute Gasteiger partial charge is 0.287 e. The minimum atomic E-state index is -0.342. The lowest BCUT2D eigenvalue weighted by molar-refractivity contribution is 0.104. The second-order valence-corrected chi connectivity index (χ2v) is 3.66. The molecule has 0 fully saturated rings. The summed E-state index contributed by atoms with van der Waals surface area (Å²) in [6.07, 6.45) is 3.25. The maximum Gasteiger partial charge on any atom is 0.349 e. The Bertz CT molecular complexity index is 341. The fourth-order valence-electron chi connectivity index (χ4n) is 0.989. The third-order valence-corrected chi connectivity index (χ3v) is 2.40. The Morgan fingerprint density at radius 2 is 2.08 bits per heavy atom. The van der Waals surface area contributed by atoms with Crippen molar-refractivity contribution in [3.05, 3.63) is 28.9 Å². The quantitative estimate of drug-likeness (QED) is 0.666. The molecular formula is C9H15N3O. The van der Waals surface area contributed by atoms with Gasteiger partial charge in [-0.2, -0.15) is 0 Å². The minimum absolute atomic E-state index is 0.221. The molecule has 0 radical (unpaired) electrons. The molecule has 0 aliphatic rings. The summed E-state index contributed by atoms with van der Waals surface area (Å²) in [6.45, 7) is 3.94. The van der Waals surface area contributed by atoms with Crippen LogP contribution in [0.1, 0.15) is 13.8 Å². The van der Waals surface area contributed by atoms with Crippen LogP contribution in [0.25, 0.3) is 0 Å². The molecule has 0 saturated carbocycles. The van der Waals surface area contributed by atoms with E-state index in [0.29, 0.717) is 0 Å². The zero-order valence-corrected chi connectivity index (χ0v) is 8.48. The van der Waals surface area contributed by atoms with Gasteiger partial charge in [-0.05, 0) is 34.0 Å². The predicted octanol–water partition coefficient (Wildman–Crippen LogP) is 0.498. The van der Waals surface area contributed by atoms with E-state index in [9.17, 15) is 4.79 Å². The monoisotopic (exact) mass is 181 g/mol. The molecule has 0 unspecified atom stereocenters. The summed E-state index contributed by atoms with van der Waals surface area (Å²) in [5, 5.41) is 0. The van der Waals surface area contributed by atoms with Crippen LogP contribution >= 0.6 is 0 Å². The van der Waals surface area contributed by atoms with Crippen molar-refractivity contribution in [2.75, 3.05) is 14.1 Å². The molecule has 0 aliphatic heterocycles. The molecular weight excluding hydrogens is 166 g/mol. The largest absolute Gasteiger partial charge is 0.349 e. The van der Waals surface area contributed by atoms with Crippen LogP contribution in [0.2, 0.25) is 0 Å². The highest BCUT2D eigenvalue weighted by Crippen LogP contribution is 2.13. The summed E-state index contributed by atoms with van der Waals surface area (Å²) in [5.41, 5.74) is -0.563. The van der Waals surface area contributed by atoms with E-state index < -0.39 is 0 Å². The third-order valence-electron chi connectivity index (χ3n) is 2.40. The van der Waals surface area contributed by atoms with Crippen molar-refractivity contribution in [1.29, 1.82) is 0 Å². The summed E-state index contributed by atoms with van der Waals surface area (Å²) < 4.78 is 1.60. The van der Waals surface area contributed by atoms with E-state index >= 15 is 0 Å². The van der Waals surface area contributed by atoms with Gasteiger partial charge in [-0.15, -0.1) is 0 Å². The van der Waals surface area contributed by atoms with Gasteiger partial charge < -0.3 is 0 Å². The first-order valence-electron chi connectivity index (χ1n) is 4.18. The molecule has 1 rings (SSSR count). The molecule has 0 aliphatic carbocycles. The maximum atomic E-state index is 11.4. The second-order valence-electron chi connectivity index (χ2n) is 3.66. The molecule has 4 heteroatoms. The zero-order valence-electron chi connectivity index (χ0n) is 8.48. The van der Waals surface area contributed by atoms with Crippen LogP contribution in [-0.2, 0) is 5.66 Å². The van der Waals surface area contributed by atoms with Crippen LogP contribution in [0.3, 0.4) is 0 Å². The highest BCUT2D eigenvalue weighted by Gasteiger charge is 2.23. The molecule has 0 spiro atoms. The Hall–Kier alpha value is -1.16. The summed E-state index contributed by atoms with van der Waals surface area (Å²) in [7, 11) is 3.86. The summed E-state index contributed by atoms with van der Waals surface area (Å²) >= 11 is 0. The Morgan fingerprint density at radius 1 is 1.46 bits per heavy atom. The lowest BCUT2D eigenvalue weighted by Crippen LogP contribution is -2.46. The van der Waals surface area contributed by atoms with Crippen molar-refractivity contribution in [3.63, 3.8) is 0 Å². The van der Waals surface area contributed by atoms with Crippen molar-refractivity contribution in [2.24, 2.45) is 0 Å². The first-order chi connectivity index (χ1) is 5.96. The molecule has 0 N–H and O–H groups in total. The lowest BCUT2D eigenvalue weighted by Gasteiger charge is -2.33. The average Bonchev–Trinajstić information content (AvgIpc) is 2.04. The normalized spacial score (nSPS) is 12.1. The first kappa shape index (κ1) is 9.92. The number of rotatable bonds is 2. The minimum Gasteiger partial charge on any atom is -0.287 e. The summed E-state index contributed by atoms with van der Waals surface area (Å²) in [4.78, 5) is 17.1. The van der Waals surface area contributed by atoms with Crippen molar-refractivity contribution >= 4 is 0 Å². The van der Waals surface area contributed by atoms with Gasteiger partial charge in [0, 0.05) is 12.4 Å². The molecule has 0 bridgehead atoms. The van der Waals surface area contributed by atoms with Gasteiger partial charge in [0.15, 0.2) is 0 Å². The van der Waals surface area contributed by atoms with Crippen molar-refractivity contribution in [2.45, 2.75) is 19.5 Å². The Balaban J connectivity index is 3.22. The molecule has 72 valence electrons. The van der Waals surface area contributed by atoms with Gasteiger partial charge >= 0.3 is 5.69 Å². The van der Waals surface area contributed by atoms with Crippen LogP contribution in [0.5, 0.6) is 0 Å². The Kier molecular flexibility index (Phi) is 2.52. The number of nitrogens with zero attached hydrogens (tertiary/aromatic N) is 3. The molecule has 0 atom stereocenters. The van der Waals surface area contributed by atoms with Crippen molar-refractivity contribution in [1.82, 2.24) is 14.5 Å². The van der Waals surface area contributed by atoms with E-state index in [1.54, 1.807) is 16.8 Å². The van der Waals surface area contributed by atoms with E-state index in [1.807, 2.05) is 32.8 Å². The average molecular weight is 181 g/mol. The third kappa shape index (κ3) is 1.78. The highest BCUT2D eigenvalue weighted by atomic mass is 16.1. The van der Waals surface area contributed by atoms with E-state index in [1.165, 1.54) is 6.20 Å². The zero-order chi connectivity index (χ0) is 10.1. The maximum absolute atomic E-state index is 11.4. The van der Waals surface area contributed by atoms with Crippen LogP contribution in [0, 0.1) is 0 Å². The second kappa shape index (κ2) is 3.30. The highest BCUT2D eigenvalue weighted by molar-refractivity contribution is 4.87. The summed E-state index contributed by atoms with van der Waals surface area (Å²) in [5.74, 6) is 0. The standard InChI is InChI=1S/C9H15N3O/c1-9(2,11(3)4)12-7-5-6-10-8(12)13/h5-7H,1-4H3. The SMILES string of the molecule is CN(C)C(C)(C)n1cccnc1=O. The molecule has 1 heterocycles. The van der Waals surface area contributed by atoms with Gasteiger partial charge in [0.1, 0.15) is 0 Å². The first-order valence-corrected chi connectivity index (χ1v) is 4.18. The molecule has 1 aromatic heterocycles. The van der Waals surface area contributed by atoms with Crippen LogP contribution in [-0.4, -0.2) is 28.5 Å². The molecule has 0 aromatic carbocycles. The lowest BCUT2D eigenvalue weighted by atomic mass is 10.2. The number of hydrogen-bond acceptors (Lipinski definition) is 3. The van der Waals surface area contributed by atoms with Gasteiger partial charge in [-0.25, -0.2) is 9.78 Å². The van der Waals surface area contributed by atoms with Crippen LogP contribution < -0.4 is 5.69 Å². The van der Waals surface area contributed by atoms with E-state index in [-0.39, 0.29) is 11.4 Å². The molecule has 13 heavy (non-hydrogen) atoms. The number of aromatic nitrogens is 2. The van der Waals surface area contributed by atoms with Gasteiger partial charge in [0.2, 0.25) is 0 Å². The number of hydrogen-bond donors (Lipinski definition) is 0. The topological polar surface area (TPSA) is 38.1 Å². The van der Waals surface area contributed by atoms with Crippen LogP contribution in [0.4, 0.5) is 0 Å². The van der Waals surface area contributed by atoms with Crippen molar-refractivity contribution in [3.8, 4) is 0 Å². The van der Waals surface area contributed by atoms with E-state index in [4.69, 9.17) is 0 Å². The molecule has 0 amide bonds. The fraction of sp³-hybridized carbons (Fsp3) is 0.556. The predicted molar refractivity (Wildman–Crippen MR) is 51.5 cm³/mol. The van der Waals surface area contributed by atoms with E-state index in [0.717, 1.165) is 0 Å². The summed E-state index contributed by atoms with van der Waals surface area (Å²) in [6, 6.07) is 1.76. The molecule has 4 nitrogen and oxygen atoms in total. The van der Waals surface area contributed by atoms with Crippen molar-refractivity contribution < 1.29 is 0 Å². The van der Waals surface area contributed by atoms with Gasteiger partial charge in [-0.1, -0.05) is 0 Å². The Morgan fingerprint density at radius 3 is 2.54 bits per heavy atom. The fourth-order valence-corrected chi connectivity index (χ4v) is 0.989. The van der Waals surface area contributed by atoms with Gasteiger partial charge in [0.05, 0.1) is 5.66 Å². The molecule has 1 aromatic rings. The van der Waals surface area contributed by atoms with Crippen LogP contribution in [0.15, 0.2) is 23.3 Å². The van der Waals surface area contributed by atoms with Gasteiger partial charge in [0.25, 0.3) is 0 Å². The van der Waals surface area contributed by atoms with E-state index in [2.05, 4.69) is 4.98 Å². The van der Waals surface area contributed by atoms with Gasteiger partial charge in [-0.3, -0.25) is 9.47 Å². The Labute approximate surface area is 77.8 Å². The molecule has 0 saturated heterocycles.